The maximum absolute atomic E-state index is 4.39. The Balaban J connectivity index is 2.13. The second-order valence-electron chi connectivity index (χ2n) is 3.95. The summed E-state index contributed by atoms with van der Waals surface area (Å²) in [5, 5.41) is 7.73. The third kappa shape index (κ3) is 1.49. The largest absolute Gasteiger partial charge is 0.312 e. The SMILES string of the molecule is Cn1ccc(-c2ncnc3c2CNCC3)n1. The number of aromatic nitrogens is 4. The fourth-order valence-corrected chi connectivity index (χ4v) is 2.03. The molecule has 0 aromatic carbocycles. The maximum atomic E-state index is 4.39. The fourth-order valence-electron chi connectivity index (χ4n) is 2.03. The predicted molar refractivity (Wildman–Crippen MR) is 59.6 cm³/mol. The zero-order chi connectivity index (χ0) is 11.0. The van der Waals surface area contributed by atoms with E-state index in [9.17, 15) is 0 Å². The zero-order valence-electron chi connectivity index (χ0n) is 9.14. The minimum atomic E-state index is 0.835. The third-order valence-corrected chi connectivity index (χ3v) is 2.83. The molecule has 0 atom stereocenters. The Hall–Kier alpha value is -1.75. The smallest absolute Gasteiger partial charge is 0.116 e. The highest BCUT2D eigenvalue weighted by atomic mass is 15.2. The molecule has 1 aliphatic heterocycles. The molecule has 0 bridgehead atoms. The van der Waals surface area contributed by atoms with E-state index in [0.29, 0.717) is 0 Å². The lowest BCUT2D eigenvalue weighted by molar-refractivity contribution is 0.626. The Morgan fingerprint density at radius 1 is 1.38 bits per heavy atom. The lowest BCUT2D eigenvalue weighted by atomic mass is 10.0. The minimum absolute atomic E-state index is 0.835. The maximum Gasteiger partial charge on any atom is 0.116 e. The van der Waals surface area contributed by atoms with Crippen molar-refractivity contribution in [2.75, 3.05) is 6.54 Å². The molecule has 0 unspecified atom stereocenters. The normalized spacial score (nSPS) is 14.8. The molecule has 5 nitrogen and oxygen atoms in total. The van der Waals surface area contributed by atoms with Crippen molar-refractivity contribution in [3.8, 4) is 11.4 Å². The van der Waals surface area contributed by atoms with E-state index in [2.05, 4.69) is 20.4 Å². The van der Waals surface area contributed by atoms with Crippen LogP contribution in [0.2, 0.25) is 0 Å². The Kier molecular flexibility index (Phi) is 2.18. The van der Waals surface area contributed by atoms with Crippen molar-refractivity contribution in [2.24, 2.45) is 7.05 Å². The molecule has 0 fully saturated rings. The van der Waals surface area contributed by atoms with Crippen molar-refractivity contribution in [3.05, 3.63) is 29.8 Å². The summed E-state index contributed by atoms with van der Waals surface area (Å²) in [6.45, 7) is 1.83. The first kappa shape index (κ1) is 9.47. The first-order valence-corrected chi connectivity index (χ1v) is 5.38. The summed E-state index contributed by atoms with van der Waals surface area (Å²) >= 11 is 0. The van der Waals surface area contributed by atoms with Crippen LogP contribution in [0.5, 0.6) is 0 Å². The van der Waals surface area contributed by atoms with Gasteiger partial charge in [0, 0.05) is 38.3 Å². The summed E-state index contributed by atoms with van der Waals surface area (Å²) in [6, 6.07) is 1.98. The Labute approximate surface area is 93.5 Å². The minimum Gasteiger partial charge on any atom is -0.312 e. The van der Waals surface area contributed by atoms with Gasteiger partial charge in [-0.2, -0.15) is 5.10 Å². The van der Waals surface area contributed by atoms with Crippen LogP contribution in [0.4, 0.5) is 0 Å². The van der Waals surface area contributed by atoms with Crippen molar-refractivity contribution < 1.29 is 0 Å². The molecule has 0 spiro atoms. The number of nitrogens with zero attached hydrogens (tertiary/aromatic N) is 4. The van der Waals surface area contributed by atoms with Crippen molar-refractivity contribution in [3.63, 3.8) is 0 Å². The van der Waals surface area contributed by atoms with Gasteiger partial charge in [-0.3, -0.25) is 4.68 Å². The number of hydrogen-bond acceptors (Lipinski definition) is 4. The van der Waals surface area contributed by atoms with E-state index < -0.39 is 0 Å². The molecule has 82 valence electrons. The first-order chi connectivity index (χ1) is 7.84. The monoisotopic (exact) mass is 215 g/mol. The van der Waals surface area contributed by atoms with E-state index in [1.165, 1.54) is 5.56 Å². The molecular weight excluding hydrogens is 202 g/mol. The van der Waals surface area contributed by atoms with Crippen LogP contribution < -0.4 is 5.32 Å². The second-order valence-corrected chi connectivity index (χ2v) is 3.95. The van der Waals surface area contributed by atoms with Gasteiger partial charge in [0.25, 0.3) is 0 Å². The highest BCUT2D eigenvalue weighted by molar-refractivity contribution is 5.59. The van der Waals surface area contributed by atoms with Gasteiger partial charge in [0.05, 0.1) is 11.4 Å². The quantitative estimate of drug-likeness (QED) is 0.753. The highest BCUT2D eigenvalue weighted by Gasteiger charge is 2.17. The fraction of sp³-hybridized carbons (Fsp3) is 0.364. The summed E-state index contributed by atoms with van der Waals surface area (Å²) in [7, 11) is 1.91. The van der Waals surface area contributed by atoms with E-state index >= 15 is 0 Å². The van der Waals surface area contributed by atoms with Crippen LogP contribution in [0, 0.1) is 0 Å². The van der Waals surface area contributed by atoms with E-state index in [-0.39, 0.29) is 0 Å². The van der Waals surface area contributed by atoms with Crippen LogP contribution in [0.3, 0.4) is 0 Å². The molecule has 0 saturated carbocycles. The van der Waals surface area contributed by atoms with Gasteiger partial charge < -0.3 is 5.32 Å². The molecule has 1 aliphatic rings. The summed E-state index contributed by atoms with van der Waals surface area (Å²) in [5.41, 5.74) is 4.21. The lowest BCUT2D eigenvalue weighted by Gasteiger charge is -2.17. The molecule has 0 radical (unpaired) electrons. The summed E-state index contributed by atoms with van der Waals surface area (Å²) in [4.78, 5) is 8.68. The van der Waals surface area contributed by atoms with Crippen LogP contribution in [0.1, 0.15) is 11.3 Å². The molecule has 0 saturated heterocycles. The van der Waals surface area contributed by atoms with Gasteiger partial charge in [0.15, 0.2) is 0 Å². The van der Waals surface area contributed by atoms with E-state index in [1.807, 2.05) is 19.3 Å². The number of rotatable bonds is 1. The van der Waals surface area contributed by atoms with Crippen molar-refractivity contribution in [1.29, 1.82) is 0 Å². The third-order valence-electron chi connectivity index (χ3n) is 2.83. The van der Waals surface area contributed by atoms with Gasteiger partial charge >= 0.3 is 0 Å². The first-order valence-electron chi connectivity index (χ1n) is 5.38. The molecule has 0 aliphatic carbocycles. The molecule has 16 heavy (non-hydrogen) atoms. The van der Waals surface area contributed by atoms with Gasteiger partial charge in [-0.05, 0) is 6.07 Å². The van der Waals surface area contributed by atoms with Crippen LogP contribution in [0.25, 0.3) is 11.4 Å². The van der Waals surface area contributed by atoms with Gasteiger partial charge in [-0.15, -0.1) is 0 Å². The summed E-state index contributed by atoms with van der Waals surface area (Å²) < 4.78 is 1.79. The van der Waals surface area contributed by atoms with Crippen LogP contribution in [0.15, 0.2) is 18.6 Å². The lowest BCUT2D eigenvalue weighted by Crippen LogP contribution is -2.25. The van der Waals surface area contributed by atoms with Crippen molar-refractivity contribution >= 4 is 0 Å². The van der Waals surface area contributed by atoms with Crippen molar-refractivity contribution in [2.45, 2.75) is 13.0 Å². The summed E-state index contributed by atoms with van der Waals surface area (Å²) in [6.07, 6.45) is 4.53. The molecule has 2 aromatic heterocycles. The molecule has 0 amide bonds. The van der Waals surface area contributed by atoms with Crippen LogP contribution in [-0.4, -0.2) is 26.3 Å². The van der Waals surface area contributed by atoms with Gasteiger partial charge in [-0.25, -0.2) is 9.97 Å². The number of hydrogen-bond donors (Lipinski definition) is 1. The second kappa shape index (κ2) is 3.68. The van der Waals surface area contributed by atoms with Crippen LogP contribution >= 0.6 is 0 Å². The molecule has 2 aromatic rings. The number of nitrogens with one attached hydrogen (secondary N) is 1. The topological polar surface area (TPSA) is 55.6 Å². The zero-order valence-corrected chi connectivity index (χ0v) is 9.14. The van der Waals surface area contributed by atoms with Gasteiger partial charge in [0.1, 0.15) is 12.0 Å². The molecule has 3 rings (SSSR count). The standard InChI is InChI=1S/C11H13N5/c1-16-5-3-10(15-16)11-8-6-12-4-2-9(8)13-7-14-11/h3,5,7,12H,2,4,6H2,1H3. The summed E-state index contributed by atoms with van der Waals surface area (Å²) in [5.74, 6) is 0. The molecule has 1 N–H and O–H groups in total. The van der Waals surface area contributed by atoms with Gasteiger partial charge in [0.2, 0.25) is 0 Å². The van der Waals surface area contributed by atoms with E-state index in [0.717, 1.165) is 36.6 Å². The van der Waals surface area contributed by atoms with E-state index in [4.69, 9.17) is 0 Å². The molecular formula is C11H13N5. The Bertz CT molecular complexity index is 517. The van der Waals surface area contributed by atoms with Crippen LogP contribution in [-0.2, 0) is 20.0 Å². The number of aryl methyl sites for hydroxylation is 1. The average molecular weight is 215 g/mol. The molecule has 3 heterocycles. The van der Waals surface area contributed by atoms with Crippen molar-refractivity contribution in [1.82, 2.24) is 25.1 Å². The Morgan fingerprint density at radius 2 is 2.31 bits per heavy atom. The van der Waals surface area contributed by atoms with Gasteiger partial charge in [-0.1, -0.05) is 0 Å². The average Bonchev–Trinajstić information content (AvgIpc) is 2.75. The predicted octanol–water partition coefficient (Wildman–Crippen LogP) is 0.523. The highest BCUT2D eigenvalue weighted by Crippen LogP contribution is 2.22. The Morgan fingerprint density at radius 3 is 3.12 bits per heavy atom. The number of fused-ring (bicyclic) bond motifs is 1. The molecule has 5 heteroatoms. The van der Waals surface area contributed by atoms with E-state index in [1.54, 1.807) is 11.0 Å².